The van der Waals surface area contributed by atoms with E-state index < -0.39 is 11.7 Å². The Hall–Kier alpha value is -3.03. The smallest absolute Gasteiger partial charge is 0.332 e. The number of piperazine rings is 1. The van der Waals surface area contributed by atoms with E-state index in [-0.39, 0.29) is 11.4 Å². The molecule has 4 rings (SSSR count). The van der Waals surface area contributed by atoms with Gasteiger partial charge in [0.25, 0.3) is 5.56 Å². The molecule has 7 nitrogen and oxygen atoms in total. The average Bonchev–Trinajstić information content (AvgIpc) is 2.80. The summed E-state index contributed by atoms with van der Waals surface area (Å²) in [7, 11) is 3.07. The predicted octanol–water partition coefficient (Wildman–Crippen LogP) is 2.23. The summed E-state index contributed by atoms with van der Waals surface area (Å²) in [5.41, 5.74) is 7.98. The number of hydrogen-bond acceptors (Lipinski definition) is 5. The SMILES string of the molecule is Cn1c(N)c([C@@H](c2cccc(Cl)c2)N2CCN(c3ccccc3)CC2)c(=O)n(C)c1=O. The van der Waals surface area contributed by atoms with Crippen LogP contribution in [0.4, 0.5) is 11.5 Å². The molecule has 0 bridgehead atoms. The minimum absolute atomic E-state index is 0.184. The van der Waals surface area contributed by atoms with E-state index in [1.54, 1.807) is 13.1 Å². The second-order valence-corrected chi connectivity index (χ2v) is 8.26. The maximum absolute atomic E-state index is 13.2. The largest absolute Gasteiger partial charge is 0.385 e. The van der Waals surface area contributed by atoms with Crippen molar-refractivity contribution in [3.63, 3.8) is 0 Å². The number of nitrogens with two attached hydrogens (primary N) is 1. The van der Waals surface area contributed by atoms with E-state index >= 15 is 0 Å². The molecule has 0 saturated carbocycles. The zero-order valence-corrected chi connectivity index (χ0v) is 18.4. The molecule has 1 fully saturated rings. The molecule has 1 saturated heterocycles. The first-order valence-electron chi connectivity index (χ1n) is 10.2. The van der Waals surface area contributed by atoms with Gasteiger partial charge in [0.2, 0.25) is 0 Å². The molecule has 1 atom stereocenters. The number of benzene rings is 2. The van der Waals surface area contributed by atoms with Crippen molar-refractivity contribution in [1.82, 2.24) is 14.0 Å². The van der Waals surface area contributed by atoms with E-state index in [0.29, 0.717) is 10.6 Å². The van der Waals surface area contributed by atoms with Gasteiger partial charge < -0.3 is 10.6 Å². The summed E-state index contributed by atoms with van der Waals surface area (Å²) in [6.45, 7) is 3.09. The van der Waals surface area contributed by atoms with Crippen molar-refractivity contribution < 1.29 is 0 Å². The maximum Gasteiger partial charge on any atom is 0.332 e. The Balaban J connectivity index is 1.76. The number of halogens is 1. The van der Waals surface area contributed by atoms with E-state index in [2.05, 4.69) is 21.9 Å². The van der Waals surface area contributed by atoms with Gasteiger partial charge in [-0.15, -0.1) is 0 Å². The van der Waals surface area contributed by atoms with Crippen molar-refractivity contribution in [3.05, 3.63) is 91.6 Å². The quantitative estimate of drug-likeness (QED) is 0.674. The molecular formula is C23H26ClN5O2. The lowest BCUT2D eigenvalue weighted by molar-refractivity contribution is 0.210. The van der Waals surface area contributed by atoms with Gasteiger partial charge >= 0.3 is 5.69 Å². The van der Waals surface area contributed by atoms with Crippen molar-refractivity contribution in [1.29, 1.82) is 0 Å². The fourth-order valence-corrected chi connectivity index (χ4v) is 4.46. The number of para-hydroxylation sites is 1. The third-order valence-corrected chi connectivity index (χ3v) is 6.22. The highest BCUT2D eigenvalue weighted by molar-refractivity contribution is 6.30. The molecule has 2 N–H and O–H groups in total. The lowest BCUT2D eigenvalue weighted by Gasteiger charge is -2.40. The third kappa shape index (κ3) is 3.98. The Morgan fingerprint density at radius 2 is 1.58 bits per heavy atom. The third-order valence-electron chi connectivity index (χ3n) is 5.98. The Labute approximate surface area is 185 Å². The highest BCUT2D eigenvalue weighted by Gasteiger charge is 2.31. The van der Waals surface area contributed by atoms with Crippen molar-refractivity contribution in [3.8, 4) is 0 Å². The van der Waals surface area contributed by atoms with Crippen LogP contribution in [0.15, 0.2) is 64.2 Å². The van der Waals surface area contributed by atoms with Gasteiger partial charge in [-0.1, -0.05) is 41.9 Å². The summed E-state index contributed by atoms with van der Waals surface area (Å²) < 4.78 is 2.44. The maximum atomic E-state index is 13.2. The van der Waals surface area contributed by atoms with Gasteiger partial charge in [-0.3, -0.25) is 18.8 Å². The summed E-state index contributed by atoms with van der Waals surface area (Å²) in [5.74, 6) is 0.184. The lowest BCUT2D eigenvalue weighted by atomic mass is 9.97. The van der Waals surface area contributed by atoms with Crippen LogP contribution in [0.2, 0.25) is 5.02 Å². The molecule has 2 aromatic carbocycles. The molecule has 0 amide bonds. The number of aromatic nitrogens is 2. The van der Waals surface area contributed by atoms with Crippen molar-refractivity contribution in [2.75, 3.05) is 36.8 Å². The first-order chi connectivity index (χ1) is 14.9. The fourth-order valence-electron chi connectivity index (χ4n) is 4.26. The monoisotopic (exact) mass is 439 g/mol. The van der Waals surface area contributed by atoms with Crippen LogP contribution in [-0.2, 0) is 14.1 Å². The normalized spacial score (nSPS) is 15.8. The standard InChI is InChI=1S/C23H26ClN5O2/c1-26-21(25)19(22(30)27(2)23(26)31)20(16-7-6-8-17(24)15-16)29-13-11-28(12-14-29)18-9-4-3-5-10-18/h3-10,15,20H,11-14,25H2,1-2H3/t20-/m1/s1. The Morgan fingerprint density at radius 1 is 0.903 bits per heavy atom. The van der Waals surface area contributed by atoms with Crippen LogP contribution in [0.25, 0.3) is 0 Å². The van der Waals surface area contributed by atoms with Gasteiger partial charge in [-0.05, 0) is 29.8 Å². The van der Waals surface area contributed by atoms with Crippen LogP contribution in [0.3, 0.4) is 0 Å². The Morgan fingerprint density at radius 3 is 2.23 bits per heavy atom. The van der Waals surface area contributed by atoms with Crippen LogP contribution in [0.5, 0.6) is 0 Å². The topological polar surface area (TPSA) is 76.5 Å². The molecule has 0 spiro atoms. The fraction of sp³-hybridized carbons (Fsp3) is 0.304. The molecule has 1 aliphatic rings. The van der Waals surface area contributed by atoms with E-state index in [1.165, 1.54) is 17.3 Å². The van der Waals surface area contributed by atoms with Gasteiger partial charge in [0.05, 0.1) is 11.6 Å². The van der Waals surface area contributed by atoms with Crippen LogP contribution in [-0.4, -0.2) is 40.2 Å². The van der Waals surface area contributed by atoms with Gasteiger partial charge in [0, 0.05) is 51.0 Å². The van der Waals surface area contributed by atoms with E-state index in [9.17, 15) is 9.59 Å². The van der Waals surface area contributed by atoms with Gasteiger partial charge in [-0.25, -0.2) is 4.79 Å². The molecule has 0 radical (unpaired) electrons. The van der Waals surface area contributed by atoms with Gasteiger partial charge in [-0.2, -0.15) is 0 Å². The number of anilines is 2. The minimum Gasteiger partial charge on any atom is -0.385 e. The molecule has 31 heavy (non-hydrogen) atoms. The first kappa shape index (κ1) is 21.2. The lowest BCUT2D eigenvalue weighted by Crippen LogP contribution is -2.50. The zero-order valence-electron chi connectivity index (χ0n) is 17.7. The molecule has 162 valence electrons. The van der Waals surface area contributed by atoms with E-state index in [0.717, 1.165) is 36.3 Å². The second-order valence-electron chi connectivity index (χ2n) is 7.82. The second kappa shape index (κ2) is 8.61. The number of nitrogen functional groups attached to an aromatic ring is 1. The molecular weight excluding hydrogens is 414 g/mol. The van der Waals surface area contributed by atoms with Crippen molar-refractivity contribution in [2.24, 2.45) is 14.1 Å². The Bertz CT molecular complexity index is 1200. The number of hydrogen-bond donors (Lipinski definition) is 1. The highest BCUT2D eigenvalue weighted by atomic mass is 35.5. The Kier molecular flexibility index (Phi) is 5.89. The zero-order chi connectivity index (χ0) is 22.1. The minimum atomic E-state index is -0.440. The van der Waals surface area contributed by atoms with E-state index in [4.69, 9.17) is 17.3 Å². The van der Waals surface area contributed by atoms with Gasteiger partial charge in [0.1, 0.15) is 5.82 Å². The molecule has 0 aliphatic carbocycles. The van der Waals surface area contributed by atoms with E-state index in [1.807, 2.05) is 36.4 Å². The summed E-state index contributed by atoms with van der Waals surface area (Å²) in [4.78, 5) is 30.1. The van der Waals surface area contributed by atoms with Crippen molar-refractivity contribution >= 4 is 23.1 Å². The number of rotatable bonds is 4. The summed E-state index contributed by atoms with van der Waals surface area (Å²) in [5, 5.41) is 0.589. The van der Waals surface area contributed by atoms with Crippen LogP contribution < -0.4 is 21.9 Å². The highest BCUT2D eigenvalue weighted by Crippen LogP contribution is 2.32. The van der Waals surface area contributed by atoms with Gasteiger partial charge in [0.15, 0.2) is 0 Å². The summed E-state index contributed by atoms with van der Waals surface area (Å²) >= 11 is 6.29. The molecule has 1 aromatic heterocycles. The molecule has 0 unspecified atom stereocenters. The molecule has 3 aromatic rings. The predicted molar refractivity (Wildman–Crippen MR) is 125 cm³/mol. The molecule has 1 aliphatic heterocycles. The van der Waals surface area contributed by atoms with Crippen LogP contribution >= 0.6 is 11.6 Å². The number of nitrogens with zero attached hydrogens (tertiary/aromatic N) is 4. The summed E-state index contributed by atoms with van der Waals surface area (Å²) in [6.07, 6.45) is 0. The molecule has 8 heteroatoms. The average molecular weight is 440 g/mol. The first-order valence-corrected chi connectivity index (χ1v) is 10.6. The van der Waals surface area contributed by atoms with Crippen LogP contribution in [0.1, 0.15) is 17.2 Å². The molecule has 2 heterocycles. The van der Waals surface area contributed by atoms with Crippen molar-refractivity contribution in [2.45, 2.75) is 6.04 Å². The summed E-state index contributed by atoms with van der Waals surface area (Å²) in [6, 6.07) is 17.4. The van der Waals surface area contributed by atoms with Crippen LogP contribution in [0, 0.1) is 0 Å².